The van der Waals surface area contributed by atoms with Crippen molar-refractivity contribution in [3.05, 3.63) is 0 Å². The molecule has 0 heterocycles. The van der Waals surface area contributed by atoms with Gasteiger partial charge in [-0.15, -0.1) is 0 Å². The van der Waals surface area contributed by atoms with Crippen molar-refractivity contribution >= 4 is 0 Å². The second-order valence-electron chi connectivity index (χ2n) is 7.31. The Morgan fingerprint density at radius 2 is 1.94 bits per heavy atom. The highest BCUT2D eigenvalue weighted by atomic mass is 15.2. The molecule has 0 aromatic heterocycles. The number of likely N-dealkylation sites (N-methyl/N-ethyl adjacent to an activating group) is 1. The molecule has 0 spiro atoms. The van der Waals surface area contributed by atoms with E-state index in [9.17, 15) is 0 Å². The van der Waals surface area contributed by atoms with Gasteiger partial charge in [0.05, 0.1) is 0 Å². The van der Waals surface area contributed by atoms with E-state index >= 15 is 0 Å². The zero-order valence-corrected chi connectivity index (χ0v) is 12.3. The Kier molecular flexibility index (Phi) is 3.84. The molecule has 2 saturated carbocycles. The molecule has 2 aliphatic rings. The summed E-state index contributed by atoms with van der Waals surface area (Å²) in [5.74, 6) is 0.837. The van der Waals surface area contributed by atoms with E-state index in [1.807, 2.05) is 0 Å². The van der Waals surface area contributed by atoms with Gasteiger partial charge in [-0.3, -0.25) is 4.90 Å². The first-order chi connectivity index (χ1) is 7.89. The lowest BCUT2D eigenvalue weighted by Crippen LogP contribution is -2.43. The second-order valence-corrected chi connectivity index (χ2v) is 7.31. The Morgan fingerprint density at radius 1 is 1.29 bits per heavy atom. The minimum Gasteiger partial charge on any atom is -0.312 e. The van der Waals surface area contributed by atoms with Crippen molar-refractivity contribution in [1.82, 2.24) is 10.2 Å². The molecule has 100 valence electrons. The van der Waals surface area contributed by atoms with Gasteiger partial charge in [-0.25, -0.2) is 0 Å². The molecule has 0 aliphatic heterocycles. The van der Waals surface area contributed by atoms with Gasteiger partial charge >= 0.3 is 0 Å². The molecule has 3 unspecified atom stereocenters. The third kappa shape index (κ3) is 3.45. The van der Waals surface area contributed by atoms with E-state index in [0.29, 0.717) is 11.5 Å². The van der Waals surface area contributed by atoms with Crippen molar-refractivity contribution in [2.45, 2.75) is 71.5 Å². The fourth-order valence-corrected chi connectivity index (χ4v) is 3.47. The van der Waals surface area contributed by atoms with E-state index in [1.54, 1.807) is 0 Å². The van der Waals surface area contributed by atoms with Crippen molar-refractivity contribution in [1.29, 1.82) is 0 Å². The van der Waals surface area contributed by atoms with Crippen molar-refractivity contribution in [3.63, 3.8) is 0 Å². The molecule has 0 saturated heterocycles. The normalized spacial score (nSPS) is 34.2. The molecule has 2 heteroatoms. The Hall–Kier alpha value is -0.0800. The number of hydrogen-bond acceptors (Lipinski definition) is 2. The van der Waals surface area contributed by atoms with Crippen LogP contribution in [0.5, 0.6) is 0 Å². The lowest BCUT2D eigenvalue weighted by Gasteiger charge is -2.27. The van der Waals surface area contributed by atoms with E-state index in [2.05, 4.69) is 45.0 Å². The molecular formula is C15H30N2. The van der Waals surface area contributed by atoms with Crippen LogP contribution >= 0.6 is 0 Å². The highest BCUT2D eigenvalue weighted by Crippen LogP contribution is 2.40. The lowest BCUT2D eigenvalue weighted by molar-refractivity contribution is 0.230. The van der Waals surface area contributed by atoms with Crippen molar-refractivity contribution < 1.29 is 0 Å². The average molecular weight is 238 g/mol. The van der Waals surface area contributed by atoms with Crippen LogP contribution in [0.4, 0.5) is 0 Å². The number of nitrogens with zero attached hydrogens (tertiary/aromatic N) is 1. The topological polar surface area (TPSA) is 15.3 Å². The first kappa shape index (κ1) is 13.4. The van der Waals surface area contributed by atoms with Crippen LogP contribution in [0.15, 0.2) is 0 Å². The molecule has 2 nitrogen and oxygen atoms in total. The molecule has 0 amide bonds. The van der Waals surface area contributed by atoms with Crippen LogP contribution in [-0.4, -0.2) is 36.6 Å². The van der Waals surface area contributed by atoms with Crippen LogP contribution in [-0.2, 0) is 0 Å². The van der Waals surface area contributed by atoms with Gasteiger partial charge < -0.3 is 5.32 Å². The maximum Gasteiger partial charge on any atom is 0.0192 e. The molecule has 1 N–H and O–H groups in total. The first-order valence-corrected chi connectivity index (χ1v) is 7.34. The van der Waals surface area contributed by atoms with Crippen LogP contribution in [0, 0.1) is 11.3 Å². The number of nitrogens with one attached hydrogen (secondary N) is 1. The highest BCUT2D eigenvalue weighted by Gasteiger charge is 2.37. The van der Waals surface area contributed by atoms with Gasteiger partial charge in [0, 0.05) is 24.7 Å². The van der Waals surface area contributed by atoms with Crippen LogP contribution in [0.2, 0.25) is 0 Å². The monoisotopic (exact) mass is 238 g/mol. The minimum atomic E-state index is 0.544. The van der Waals surface area contributed by atoms with Crippen molar-refractivity contribution in [2.75, 3.05) is 13.6 Å². The van der Waals surface area contributed by atoms with Crippen LogP contribution < -0.4 is 5.32 Å². The van der Waals surface area contributed by atoms with Gasteiger partial charge in [0.15, 0.2) is 0 Å². The van der Waals surface area contributed by atoms with Crippen LogP contribution in [0.1, 0.15) is 53.4 Å². The van der Waals surface area contributed by atoms with E-state index in [-0.39, 0.29) is 0 Å². The van der Waals surface area contributed by atoms with E-state index in [0.717, 1.165) is 24.5 Å². The van der Waals surface area contributed by atoms with Gasteiger partial charge in [-0.1, -0.05) is 20.8 Å². The zero-order valence-electron chi connectivity index (χ0n) is 12.3. The smallest absolute Gasteiger partial charge is 0.0192 e. The molecule has 2 rings (SSSR count). The first-order valence-electron chi connectivity index (χ1n) is 7.34. The third-order valence-corrected chi connectivity index (χ3v) is 4.83. The summed E-state index contributed by atoms with van der Waals surface area (Å²) in [5.41, 5.74) is 0.544. The SMILES string of the molecule is CC1CC(C)(C)CC1NCC(C)N(C)C1CC1. The quantitative estimate of drug-likeness (QED) is 0.792. The summed E-state index contributed by atoms with van der Waals surface area (Å²) in [6.07, 6.45) is 5.53. The minimum absolute atomic E-state index is 0.544. The Morgan fingerprint density at radius 3 is 2.41 bits per heavy atom. The lowest BCUT2D eigenvalue weighted by atomic mass is 9.91. The molecule has 3 atom stereocenters. The molecule has 0 bridgehead atoms. The molecule has 2 fully saturated rings. The fraction of sp³-hybridized carbons (Fsp3) is 1.00. The predicted molar refractivity (Wildman–Crippen MR) is 74.2 cm³/mol. The summed E-state index contributed by atoms with van der Waals surface area (Å²) < 4.78 is 0. The van der Waals surface area contributed by atoms with Gasteiger partial charge in [0.2, 0.25) is 0 Å². The van der Waals surface area contributed by atoms with E-state index < -0.39 is 0 Å². The maximum atomic E-state index is 3.81. The molecular weight excluding hydrogens is 208 g/mol. The summed E-state index contributed by atoms with van der Waals surface area (Å²) in [6.45, 7) is 10.7. The number of hydrogen-bond donors (Lipinski definition) is 1. The summed E-state index contributed by atoms with van der Waals surface area (Å²) in [4.78, 5) is 2.55. The molecule has 0 aromatic carbocycles. The Balaban J connectivity index is 1.74. The predicted octanol–water partition coefficient (Wildman–Crippen LogP) is 2.88. The largest absolute Gasteiger partial charge is 0.312 e. The molecule has 17 heavy (non-hydrogen) atoms. The standard InChI is InChI=1S/C15H30N2/c1-11-8-15(3,4)9-14(11)16-10-12(2)17(5)13-6-7-13/h11-14,16H,6-10H2,1-5H3. The summed E-state index contributed by atoms with van der Waals surface area (Å²) in [6, 6.07) is 2.29. The van der Waals surface area contributed by atoms with Gasteiger partial charge in [-0.2, -0.15) is 0 Å². The average Bonchev–Trinajstić information content (AvgIpc) is 3.01. The number of rotatable bonds is 5. The summed E-state index contributed by atoms with van der Waals surface area (Å²) in [7, 11) is 2.28. The van der Waals surface area contributed by atoms with Crippen molar-refractivity contribution in [3.8, 4) is 0 Å². The Bertz CT molecular complexity index is 258. The summed E-state index contributed by atoms with van der Waals surface area (Å²) >= 11 is 0. The van der Waals surface area contributed by atoms with E-state index in [1.165, 1.54) is 25.7 Å². The van der Waals surface area contributed by atoms with Crippen LogP contribution in [0.3, 0.4) is 0 Å². The zero-order chi connectivity index (χ0) is 12.6. The van der Waals surface area contributed by atoms with Gasteiger partial charge in [0.1, 0.15) is 0 Å². The molecule has 0 radical (unpaired) electrons. The van der Waals surface area contributed by atoms with Crippen LogP contribution in [0.25, 0.3) is 0 Å². The third-order valence-electron chi connectivity index (χ3n) is 4.83. The second kappa shape index (κ2) is 4.89. The van der Waals surface area contributed by atoms with Gasteiger partial charge in [0.25, 0.3) is 0 Å². The maximum absolute atomic E-state index is 3.81. The van der Waals surface area contributed by atoms with Crippen molar-refractivity contribution in [2.24, 2.45) is 11.3 Å². The fourth-order valence-electron chi connectivity index (χ4n) is 3.47. The van der Waals surface area contributed by atoms with E-state index in [4.69, 9.17) is 0 Å². The molecule has 2 aliphatic carbocycles. The van der Waals surface area contributed by atoms with Gasteiger partial charge in [-0.05, 0) is 51.0 Å². The molecule has 0 aromatic rings. The Labute approximate surface area is 107 Å². The highest BCUT2D eigenvalue weighted by molar-refractivity contribution is 4.92. The summed E-state index contributed by atoms with van der Waals surface area (Å²) in [5, 5.41) is 3.81.